The minimum absolute atomic E-state index is 0.00438. The second-order valence-corrected chi connectivity index (χ2v) is 17.3. The molecule has 12 nitrogen and oxygen atoms in total. The number of ether oxygens (including phenoxy) is 3. The van der Waals surface area contributed by atoms with Gasteiger partial charge in [-0.15, -0.1) is 0 Å². The number of carbonyl (C=O) groups is 2. The molecule has 0 aromatic rings. The van der Waals surface area contributed by atoms with Crippen LogP contribution in [0.1, 0.15) is 104 Å². The number of piperidine rings is 2. The van der Waals surface area contributed by atoms with E-state index in [4.69, 9.17) is 25.7 Å². The van der Waals surface area contributed by atoms with Crippen LogP contribution < -0.4 is 22.1 Å². The van der Waals surface area contributed by atoms with E-state index in [1.54, 1.807) is 13.0 Å². The summed E-state index contributed by atoms with van der Waals surface area (Å²) in [5, 5.41) is 40.0. The maximum Gasteiger partial charge on any atom is 0.333 e. The Morgan fingerprint density at radius 2 is 1.86 bits per heavy atom. The van der Waals surface area contributed by atoms with Crippen LogP contribution in [0.25, 0.3) is 0 Å². The first kappa shape index (κ1) is 39.2. The van der Waals surface area contributed by atoms with Gasteiger partial charge in [-0.05, 0) is 122 Å². The topological polar surface area (TPSA) is 199 Å². The first-order valence-electron chi connectivity index (χ1n) is 20.1. The van der Waals surface area contributed by atoms with Crippen molar-refractivity contribution in [1.82, 2.24) is 10.6 Å². The molecule has 0 spiro atoms. The van der Waals surface area contributed by atoms with Gasteiger partial charge in [0.1, 0.15) is 17.5 Å². The lowest BCUT2D eigenvalue weighted by Crippen LogP contribution is -2.69. The Balaban J connectivity index is 1.39. The maximum absolute atomic E-state index is 14.0. The highest BCUT2D eigenvalue weighted by molar-refractivity contribution is 5.87. The summed E-state index contributed by atoms with van der Waals surface area (Å²) in [6.45, 7) is 6.94. The van der Waals surface area contributed by atoms with E-state index in [1.807, 2.05) is 6.92 Å². The van der Waals surface area contributed by atoms with Crippen molar-refractivity contribution in [2.24, 2.45) is 52.9 Å². The molecule has 12 heteroatoms. The summed E-state index contributed by atoms with van der Waals surface area (Å²) in [5.41, 5.74) is 12.3. The number of ketones is 1. The van der Waals surface area contributed by atoms with Gasteiger partial charge in [0.25, 0.3) is 0 Å². The van der Waals surface area contributed by atoms with E-state index in [1.165, 1.54) is 0 Å². The van der Waals surface area contributed by atoms with Crippen LogP contribution in [-0.4, -0.2) is 101 Å². The van der Waals surface area contributed by atoms with E-state index in [0.29, 0.717) is 30.3 Å². The molecule has 2 saturated carbocycles. The monoisotopic (exact) mass is 718 g/mol. The molecule has 2 aliphatic carbocycles. The van der Waals surface area contributed by atoms with Gasteiger partial charge in [0, 0.05) is 23.8 Å². The van der Waals surface area contributed by atoms with Crippen LogP contribution in [0.3, 0.4) is 0 Å². The number of rotatable bonds is 10. The summed E-state index contributed by atoms with van der Waals surface area (Å²) in [7, 11) is 0. The Morgan fingerprint density at radius 3 is 2.55 bits per heavy atom. The normalized spacial score (nSPS) is 45.7. The van der Waals surface area contributed by atoms with Crippen molar-refractivity contribution in [3.8, 4) is 0 Å². The van der Waals surface area contributed by atoms with Crippen LogP contribution in [0.4, 0.5) is 0 Å². The van der Waals surface area contributed by atoms with Gasteiger partial charge in [0.2, 0.25) is 0 Å². The zero-order valence-electron chi connectivity index (χ0n) is 31.1. The molecular weight excluding hydrogens is 652 g/mol. The van der Waals surface area contributed by atoms with Gasteiger partial charge in [-0.1, -0.05) is 18.9 Å². The van der Waals surface area contributed by atoms with Gasteiger partial charge in [-0.2, -0.15) is 0 Å². The fourth-order valence-corrected chi connectivity index (χ4v) is 10.8. The van der Waals surface area contributed by atoms with Gasteiger partial charge in [0.15, 0.2) is 0 Å². The summed E-state index contributed by atoms with van der Waals surface area (Å²) in [4.78, 5) is 27.3. The molecule has 0 radical (unpaired) electrons. The minimum Gasteiger partial charge on any atom is -0.456 e. The quantitative estimate of drug-likeness (QED) is 0.129. The number of hydrogen-bond acceptors (Lipinski definition) is 12. The van der Waals surface area contributed by atoms with Gasteiger partial charge < -0.3 is 51.6 Å². The molecule has 0 aromatic carbocycles. The van der Waals surface area contributed by atoms with Gasteiger partial charge in [0.05, 0.1) is 55.4 Å². The molecule has 0 amide bonds. The molecule has 4 heterocycles. The molecule has 290 valence electrons. The largest absolute Gasteiger partial charge is 0.456 e. The smallest absolute Gasteiger partial charge is 0.333 e. The Labute approximate surface area is 304 Å². The third-order valence-electron chi connectivity index (χ3n) is 13.8. The molecule has 0 bridgehead atoms. The number of nitrogens with one attached hydrogen (secondary N) is 2. The molecule has 9 N–H and O–H groups in total. The lowest BCUT2D eigenvalue weighted by molar-refractivity contribution is -0.293. The second kappa shape index (κ2) is 16.9. The number of nitrogens with two attached hydrogens (primary N) is 2. The molecule has 6 fully saturated rings. The van der Waals surface area contributed by atoms with Crippen molar-refractivity contribution >= 4 is 11.8 Å². The van der Waals surface area contributed by atoms with Crippen molar-refractivity contribution in [1.29, 1.82) is 0 Å². The van der Waals surface area contributed by atoms with Gasteiger partial charge in [-0.25, -0.2) is 4.79 Å². The predicted octanol–water partition coefficient (Wildman–Crippen LogP) is 2.26. The number of aliphatic hydroxyl groups excluding tert-OH is 3. The molecule has 51 heavy (non-hydrogen) atoms. The average Bonchev–Trinajstić information content (AvgIpc) is 3.11. The van der Waals surface area contributed by atoms with Crippen molar-refractivity contribution in [2.75, 3.05) is 19.7 Å². The minimum atomic E-state index is -1.05. The van der Waals surface area contributed by atoms with E-state index < -0.39 is 53.9 Å². The number of allylic oxidation sites excluding steroid dienone is 1. The van der Waals surface area contributed by atoms with Crippen molar-refractivity contribution in [2.45, 2.75) is 159 Å². The van der Waals surface area contributed by atoms with Crippen molar-refractivity contribution in [3.63, 3.8) is 0 Å². The highest BCUT2D eigenvalue weighted by Crippen LogP contribution is 2.55. The Hall–Kier alpha value is -1.48. The van der Waals surface area contributed by atoms with Crippen LogP contribution in [-0.2, 0) is 23.8 Å². The summed E-state index contributed by atoms with van der Waals surface area (Å²) in [6, 6.07) is 0. The van der Waals surface area contributed by atoms with Gasteiger partial charge >= 0.3 is 5.97 Å². The molecule has 0 aromatic heterocycles. The average molecular weight is 719 g/mol. The number of hydrogen-bond donors (Lipinski definition) is 7. The zero-order valence-corrected chi connectivity index (χ0v) is 31.1. The SMILES string of the molecule is CC=C(C)C(=O)O[C@H]1CC2C(O)C3C(=O)CC(CO)OC3C(C(CC3CCCC(O)C3)C3CCNC(N)C3)C2O[C@@]1(C)CCC1CCC(N)NC1. The van der Waals surface area contributed by atoms with E-state index in [2.05, 4.69) is 17.6 Å². The van der Waals surface area contributed by atoms with Crippen LogP contribution in [0.5, 0.6) is 0 Å². The summed E-state index contributed by atoms with van der Waals surface area (Å²) >= 11 is 0. The Bertz CT molecular complexity index is 1230. The number of esters is 1. The van der Waals surface area contributed by atoms with Crippen LogP contribution in [0.2, 0.25) is 0 Å². The molecule has 4 aliphatic heterocycles. The van der Waals surface area contributed by atoms with Crippen molar-refractivity contribution < 1.29 is 39.1 Å². The van der Waals surface area contributed by atoms with Crippen LogP contribution in [0.15, 0.2) is 11.6 Å². The molecule has 16 atom stereocenters. The third-order valence-corrected chi connectivity index (χ3v) is 13.8. The van der Waals surface area contributed by atoms with E-state index in [9.17, 15) is 24.9 Å². The highest BCUT2D eigenvalue weighted by atomic mass is 16.6. The molecule has 6 rings (SSSR count). The predicted molar refractivity (Wildman–Crippen MR) is 192 cm³/mol. The number of aliphatic hydroxyl groups is 3. The number of fused-ring (bicyclic) bond motifs is 2. The summed E-state index contributed by atoms with van der Waals surface area (Å²) in [5.74, 6) is -1.02. The first-order valence-corrected chi connectivity index (χ1v) is 20.1. The molecule has 6 aliphatic rings. The molecular formula is C39H66N4O8. The molecule has 14 unspecified atom stereocenters. The summed E-state index contributed by atoms with van der Waals surface area (Å²) < 4.78 is 20.4. The maximum atomic E-state index is 14.0. The van der Waals surface area contributed by atoms with E-state index >= 15 is 0 Å². The van der Waals surface area contributed by atoms with E-state index in [0.717, 1.165) is 77.3 Å². The third kappa shape index (κ3) is 8.75. The lowest BCUT2D eigenvalue weighted by Gasteiger charge is -2.60. The van der Waals surface area contributed by atoms with Crippen LogP contribution in [0, 0.1) is 41.4 Å². The molecule has 4 saturated heterocycles. The van der Waals surface area contributed by atoms with E-state index in [-0.39, 0.29) is 55.0 Å². The zero-order chi connectivity index (χ0) is 36.4. The van der Waals surface area contributed by atoms with Gasteiger partial charge in [-0.3, -0.25) is 4.79 Å². The standard InChI is InChI=1S/C39H66N4O8/c1-4-21(2)38(48)50-30-18-28-35(47)34-29(46)17-26(20-44)49-37(34)33(36(28)51-39(30,3)12-10-22-8-9-31(40)43-19-22)27(24-11-13-42-32(41)16-24)15-23-6-5-7-25(45)14-23/h4,22-28,30-37,42-45,47H,5-20,40-41H2,1-3H3/t22?,23?,24?,25?,26?,27?,28?,30-,31?,32?,33?,34?,35?,36?,37?,39-/m0/s1. The number of carbonyl (C=O) groups excluding carboxylic acids is 2. The summed E-state index contributed by atoms with van der Waals surface area (Å²) in [6.07, 6.45) is 7.75. The first-order chi connectivity index (χ1) is 24.4. The Kier molecular flexibility index (Phi) is 13.0. The Morgan fingerprint density at radius 1 is 1.06 bits per heavy atom. The number of Topliss-reactive ketones (excluding diaryl/α,β-unsaturated/α-hetero) is 1. The fourth-order valence-electron chi connectivity index (χ4n) is 10.8. The van der Waals surface area contributed by atoms with Crippen LogP contribution >= 0.6 is 0 Å². The van der Waals surface area contributed by atoms with Crippen molar-refractivity contribution in [3.05, 3.63) is 11.6 Å². The second-order valence-electron chi connectivity index (χ2n) is 17.3. The fraction of sp³-hybridized carbons (Fsp3) is 0.897. The lowest BCUT2D eigenvalue weighted by atomic mass is 9.56. The highest BCUT2D eigenvalue weighted by Gasteiger charge is 2.63.